The topological polar surface area (TPSA) is 83.0 Å². The van der Waals surface area contributed by atoms with Crippen molar-refractivity contribution in [3.05, 3.63) is 39.8 Å². The van der Waals surface area contributed by atoms with Crippen LogP contribution in [0.3, 0.4) is 0 Å². The molecule has 2 saturated carbocycles. The normalized spacial score (nSPS) is 24.7. The second kappa shape index (κ2) is 13.8. The van der Waals surface area contributed by atoms with Crippen molar-refractivity contribution in [1.82, 2.24) is 9.88 Å². The fraction of sp³-hybridized carbons (Fsp3) is 0.629. The van der Waals surface area contributed by atoms with Gasteiger partial charge in [0.25, 0.3) is 0 Å². The summed E-state index contributed by atoms with van der Waals surface area (Å²) in [5, 5.41) is 10.2. The lowest BCUT2D eigenvalue weighted by atomic mass is 9.81. The highest BCUT2D eigenvalue weighted by Gasteiger charge is 2.38. The standard InChI is InChI=1S/C35H47N3O4S/c1-24-7-9-25(10-8-24)33(39)38(30-21-29(15-17-35(2,3)4)43-32(30)34(40)41)27-11-13-28(14-12-27)42-31-22-36-18-16-26(31)23-37-19-5-6-20-37/h16,18,21-22,24-25,27-28H,5-14,19-20,23H2,1-4H3,(H,40,41)/t24-,25-,27-,28-. The van der Waals surface area contributed by atoms with Crippen LogP contribution >= 0.6 is 11.3 Å². The van der Waals surface area contributed by atoms with Crippen molar-refractivity contribution in [2.75, 3.05) is 18.0 Å². The van der Waals surface area contributed by atoms with Crippen LogP contribution in [0.4, 0.5) is 5.69 Å². The quantitative estimate of drug-likeness (QED) is 0.316. The second-order valence-corrected chi connectivity index (χ2v) is 14.9. The van der Waals surface area contributed by atoms with Crippen molar-refractivity contribution in [3.8, 4) is 17.6 Å². The van der Waals surface area contributed by atoms with E-state index in [0.29, 0.717) is 16.5 Å². The van der Waals surface area contributed by atoms with E-state index in [1.165, 1.54) is 29.7 Å². The predicted molar refractivity (Wildman–Crippen MR) is 172 cm³/mol. The summed E-state index contributed by atoms with van der Waals surface area (Å²) >= 11 is 1.18. The van der Waals surface area contributed by atoms with E-state index in [0.717, 1.165) is 76.8 Å². The van der Waals surface area contributed by atoms with Gasteiger partial charge in [-0.25, -0.2) is 4.79 Å². The van der Waals surface area contributed by atoms with Crippen LogP contribution in [-0.4, -0.2) is 52.1 Å². The summed E-state index contributed by atoms with van der Waals surface area (Å²) < 4.78 is 6.55. The van der Waals surface area contributed by atoms with E-state index >= 15 is 0 Å². The number of thiophene rings is 1. The minimum Gasteiger partial charge on any atom is -0.488 e. The Labute approximate surface area is 261 Å². The molecule has 7 nitrogen and oxygen atoms in total. The fourth-order valence-corrected chi connectivity index (χ4v) is 7.49. The number of likely N-dealkylation sites (tertiary alicyclic amines) is 1. The Morgan fingerprint density at radius 1 is 1.09 bits per heavy atom. The third kappa shape index (κ3) is 8.19. The molecule has 0 aromatic carbocycles. The van der Waals surface area contributed by atoms with Gasteiger partial charge < -0.3 is 14.7 Å². The first-order valence-electron chi connectivity index (χ1n) is 16.1. The Morgan fingerprint density at radius 2 is 1.79 bits per heavy atom. The van der Waals surface area contributed by atoms with E-state index in [4.69, 9.17) is 4.74 Å². The zero-order valence-electron chi connectivity index (χ0n) is 26.2. The first-order chi connectivity index (χ1) is 20.6. The first kappa shape index (κ1) is 31.5. The molecule has 3 aliphatic rings. The van der Waals surface area contributed by atoms with E-state index in [-0.39, 0.29) is 34.3 Å². The molecule has 1 aliphatic heterocycles. The Balaban J connectivity index is 1.36. The molecule has 3 fully saturated rings. The number of aromatic nitrogens is 1. The van der Waals surface area contributed by atoms with Crippen molar-refractivity contribution in [1.29, 1.82) is 0 Å². The molecule has 232 valence electrons. The number of anilines is 1. The average Bonchev–Trinajstić information content (AvgIpc) is 3.64. The van der Waals surface area contributed by atoms with Gasteiger partial charge in [0.2, 0.25) is 5.91 Å². The molecule has 1 amide bonds. The minimum atomic E-state index is -1.00. The van der Waals surface area contributed by atoms with Crippen LogP contribution in [0.25, 0.3) is 0 Å². The van der Waals surface area contributed by atoms with E-state index in [2.05, 4.69) is 34.7 Å². The molecule has 2 aliphatic carbocycles. The van der Waals surface area contributed by atoms with Gasteiger partial charge in [-0.3, -0.25) is 14.7 Å². The Kier molecular flexibility index (Phi) is 10.1. The van der Waals surface area contributed by atoms with Crippen LogP contribution in [0.5, 0.6) is 5.75 Å². The SMILES string of the molecule is CC(C)(C)C#Cc1cc(N(C(=O)[C@H]2CC[C@H](C)CC2)[C@H]2CC[C@H](Oc3cnccc3CN3CCCC3)CC2)c(C(=O)O)s1. The molecule has 0 radical (unpaired) electrons. The van der Waals surface area contributed by atoms with Crippen LogP contribution in [0.15, 0.2) is 24.5 Å². The molecule has 8 heteroatoms. The molecule has 0 unspecified atom stereocenters. The van der Waals surface area contributed by atoms with Gasteiger partial charge in [-0.15, -0.1) is 11.3 Å². The van der Waals surface area contributed by atoms with Gasteiger partial charge in [-0.05, 0) is 116 Å². The Bertz CT molecular complexity index is 1330. The molecule has 43 heavy (non-hydrogen) atoms. The number of rotatable bonds is 8. The maximum atomic E-state index is 14.2. The summed E-state index contributed by atoms with van der Waals surface area (Å²) in [6, 6.07) is 3.84. The van der Waals surface area contributed by atoms with Crippen molar-refractivity contribution < 1.29 is 19.4 Å². The maximum absolute atomic E-state index is 14.2. The van der Waals surface area contributed by atoms with E-state index in [1.54, 1.807) is 0 Å². The summed E-state index contributed by atoms with van der Waals surface area (Å²) in [5.41, 5.74) is 1.49. The highest BCUT2D eigenvalue weighted by molar-refractivity contribution is 7.15. The molecule has 0 bridgehead atoms. The number of carboxylic acids is 1. The molecule has 2 aromatic rings. The van der Waals surface area contributed by atoms with Gasteiger partial charge in [0.15, 0.2) is 0 Å². The van der Waals surface area contributed by atoms with E-state index in [1.807, 2.05) is 44.1 Å². The number of aromatic carboxylic acids is 1. The monoisotopic (exact) mass is 605 g/mol. The van der Waals surface area contributed by atoms with Crippen molar-refractivity contribution in [2.45, 2.75) is 111 Å². The predicted octanol–water partition coefficient (Wildman–Crippen LogP) is 7.38. The molecule has 1 N–H and O–H groups in total. The summed E-state index contributed by atoms with van der Waals surface area (Å²) in [6.45, 7) is 11.5. The lowest BCUT2D eigenvalue weighted by Crippen LogP contribution is -2.47. The minimum absolute atomic E-state index is 0.0416. The number of ether oxygens (including phenoxy) is 1. The zero-order chi connectivity index (χ0) is 30.6. The Hall–Kier alpha value is -2.89. The van der Waals surface area contributed by atoms with Gasteiger partial charge >= 0.3 is 5.97 Å². The fourth-order valence-electron chi connectivity index (χ4n) is 6.65. The van der Waals surface area contributed by atoms with E-state index in [9.17, 15) is 14.7 Å². The molecule has 0 spiro atoms. The number of carbonyl (C=O) groups is 2. The lowest BCUT2D eigenvalue weighted by molar-refractivity contribution is -0.124. The van der Waals surface area contributed by atoms with Crippen molar-refractivity contribution >= 4 is 28.9 Å². The molecule has 5 rings (SSSR count). The van der Waals surface area contributed by atoms with Gasteiger partial charge in [0, 0.05) is 35.7 Å². The van der Waals surface area contributed by atoms with Crippen LogP contribution in [-0.2, 0) is 11.3 Å². The number of pyridine rings is 1. The summed E-state index contributed by atoms with van der Waals surface area (Å²) in [7, 11) is 0. The molecule has 3 heterocycles. The van der Waals surface area contributed by atoms with Gasteiger partial charge in [0.05, 0.1) is 22.9 Å². The summed E-state index contributed by atoms with van der Waals surface area (Å²) in [5.74, 6) is 6.90. The molecular formula is C35H47N3O4S. The molecule has 2 aromatic heterocycles. The van der Waals surface area contributed by atoms with Gasteiger partial charge in [-0.1, -0.05) is 18.8 Å². The van der Waals surface area contributed by atoms with Gasteiger partial charge in [-0.2, -0.15) is 0 Å². The number of hydrogen-bond donors (Lipinski definition) is 1. The molecule has 0 atom stereocenters. The van der Waals surface area contributed by atoms with E-state index < -0.39 is 5.97 Å². The van der Waals surface area contributed by atoms with Crippen molar-refractivity contribution in [3.63, 3.8) is 0 Å². The number of nitrogens with zero attached hydrogens (tertiary/aromatic N) is 3. The van der Waals surface area contributed by atoms with Crippen LogP contribution in [0, 0.1) is 29.1 Å². The van der Waals surface area contributed by atoms with Crippen molar-refractivity contribution in [2.24, 2.45) is 17.3 Å². The third-order valence-corrected chi connectivity index (χ3v) is 10.1. The summed E-state index contributed by atoms with van der Waals surface area (Å²) in [4.78, 5) is 36.3. The van der Waals surface area contributed by atoms with Gasteiger partial charge in [0.1, 0.15) is 10.6 Å². The Morgan fingerprint density at radius 3 is 2.44 bits per heavy atom. The highest BCUT2D eigenvalue weighted by Crippen LogP contribution is 2.39. The maximum Gasteiger partial charge on any atom is 0.348 e. The number of amides is 1. The highest BCUT2D eigenvalue weighted by atomic mass is 32.1. The van der Waals surface area contributed by atoms with Crippen LogP contribution in [0.1, 0.15) is 112 Å². The average molecular weight is 606 g/mol. The smallest absolute Gasteiger partial charge is 0.348 e. The lowest BCUT2D eigenvalue weighted by Gasteiger charge is -2.39. The largest absolute Gasteiger partial charge is 0.488 e. The number of carboxylic acid groups (broad SMARTS) is 1. The number of hydrogen-bond acceptors (Lipinski definition) is 6. The first-order valence-corrected chi connectivity index (χ1v) is 16.9. The zero-order valence-corrected chi connectivity index (χ0v) is 27.0. The molecular weight excluding hydrogens is 558 g/mol. The second-order valence-electron chi connectivity index (χ2n) is 13.8. The molecule has 1 saturated heterocycles. The third-order valence-electron chi connectivity index (χ3n) is 9.09. The van der Waals surface area contributed by atoms with Crippen LogP contribution < -0.4 is 9.64 Å². The van der Waals surface area contributed by atoms with Crippen LogP contribution in [0.2, 0.25) is 0 Å². The summed E-state index contributed by atoms with van der Waals surface area (Å²) in [6.07, 6.45) is 13.1. The number of carbonyl (C=O) groups excluding carboxylic acids is 1.